The summed E-state index contributed by atoms with van der Waals surface area (Å²) in [5, 5.41) is 0. The van der Waals surface area contributed by atoms with Crippen LogP contribution in [0.2, 0.25) is 0 Å². The van der Waals surface area contributed by atoms with Crippen molar-refractivity contribution in [3.63, 3.8) is 0 Å². The van der Waals surface area contributed by atoms with Crippen molar-refractivity contribution in [3.8, 4) is 5.75 Å². The molecule has 9 nitrogen and oxygen atoms in total. The zero-order valence-corrected chi connectivity index (χ0v) is 17.9. The summed E-state index contributed by atoms with van der Waals surface area (Å²) in [6.07, 6.45) is -10.1. The van der Waals surface area contributed by atoms with E-state index in [2.05, 4.69) is 9.46 Å². The summed E-state index contributed by atoms with van der Waals surface area (Å²) < 4.78 is 99.7. The molecule has 0 fully saturated rings. The number of aromatic amines is 1. The van der Waals surface area contributed by atoms with Crippen LogP contribution in [0, 0.1) is 0 Å². The smallest absolute Gasteiger partial charge is 0.426 e. The normalized spacial score (nSPS) is 13.6. The standard InChI is InChI=1S/C18H20F5N3O6S/c1-12(13-4-2-5-14(10-13)32-18(22,23)17(19,20)21)25-33(29,30)9-3-8-31-11-26-7-6-15(27)24-16(26)28/h2,4-7,10,12,25H,3,8-9,11H2,1H3,(H,24,27,28)/t12-/m1/s1. The third-order valence-electron chi connectivity index (χ3n) is 4.12. The van der Waals surface area contributed by atoms with E-state index in [4.69, 9.17) is 4.74 Å². The van der Waals surface area contributed by atoms with Crippen molar-refractivity contribution < 1.29 is 39.8 Å². The van der Waals surface area contributed by atoms with Gasteiger partial charge in [0.05, 0.1) is 5.75 Å². The largest absolute Gasteiger partial charge is 0.499 e. The molecule has 1 atom stereocenters. The Morgan fingerprint density at radius 1 is 1.15 bits per heavy atom. The summed E-state index contributed by atoms with van der Waals surface area (Å²) in [7, 11) is -3.87. The molecule has 2 aromatic rings. The first-order chi connectivity index (χ1) is 15.2. The molecular formula is C18H20F5N3O6S. The fraction of sp³-hybridized carbons (Fsp3) is 0.444. The fourth-order valence-corrected chi connectivity index (χ4v) is 3.80. The van der Waals surface area contributed by atoms with Crippen molar-refractivity contribution in [2.75, 3.05) is 12.4 Å². The molecule has 0 aliphatic heterocycles. The highest BCUT2D eigenvalue weighted by atomic mass is 32.2. The first kappa shape index (κ1) is 26.5. The average molecular weight is 501 g/mol. The number of aromatic nitrogens is 2. The van der Waals surface area contributed by atoms with Gasteiger partial charge in [-0.05, 0) is 31.0 Å². The molecule has 0 aliphatic rings. The van der Waals surface area contributed by atoms with Gasteiger partial charge in [0.2, 0.25) is 10.0 Å². The SMILES string of the molecule is C[C@@H](NS(=O)(=O)CCCOCn1ccc(=O)[nH]c1=O)c1cccc(OC(F)(F)C(F)(F)F)c1. The van der Waals surface area contributed by atoms with Gasteiger partial charge in [-0.25, -0.2) is 17.9 Å². The van der Waals surface area contributed by atoms with Crippen molar-refractivity contribution in [1.29, 1.82) is 0 Å². The fourth-order valence-electron chi connectivity index (χ4n) is 2.51. The van der Waals surface area contributed by atoms with E-state index >= 15 is 0 Å². The molecule has 0 aliphatic carbocycles. The number of hydrogen-bond acceptors (Lipinski definition) is 6. The Bertz CT molecular complexity index is 1160. The second-order valence-corrected chi connectivity index (χ2v) is 8.69. The van der Waals surface area contributed by atoms with E-state index in [-0.39, 0.29) is 31.1 Å². The number of benzene rings is 1. The van der Waals surface area contributed by atoms with Crippen LogP contribution in [0.1, 0.15) is 24.9 Å². The summed E-state index contributed by atoms with van der Waals surface area (Å²) in [5.41, 5.74) is -1.17. The highest BCUT2D eigenvalue weighted by Crippen LogP contribution is 2.37. The second-order valence-electron chi connectivity index (χ2n) is 6.82. The van der Waals surface area contributed by atoms with Crippen LogP contribution in [0.15, 0.2) is 46.1 Å². The number of nitrogens with zero attached hydrogens (tertiary/aromatic N) is 1. The number of nitrogens with one attached hydrogen (secondary N) is 2. The minimum atomic E-state index is -5.91. The molecule has 184 valence electrons. The summed E-state index contributed by atoms with van der Waals surface area (Å²) >= 11 is 0. The predicted molar refractivity (Wildman–Crippen MR) is 105 cm³/mol. The van der Waals surface area contributed by atoms with Gasteiger partial charge in [0.25, 0.3) is 5.56 Å². The molecule has 0 radical (unpaired) electrons. The van der Waals surface area contributed by atoms with Crippen LogP contribution < -0.4 is 20.7 Å². The minimum Gasteiger partial charge on any atom is -0.426 e. The lowest BCUT2D eigenvalue weighted by Crippen LogP contribution is -2.41. The van der Waals surface area contributed by atoms with Crippen molar-refractivity contribution in [1.82, 2.24) is 14.3 Å². The average Bonchev–Trinajstić information content (AvgIpc) is 2.68. The van der Waals surface area contributed by atoms with Crippen LogP contribution >= 0.6 is 0 Å². The van der Waals surface area contributed by atoms with E-state index in [1.807, 2.05) is 4.98 Å². The number of halogens is 5. The van der Waals surface area contributed by atoms with Crippen molar-refractivity contribution in [3.05, 3.63) is 62.9 Å². The van der Waals surface area contributed by atoms with Crippen LogP contribution in [0.4, 0.5) is 22.0 Å². The van der Waals surface area contributed by atoms with Gasteiger partial charge in [0.1, 0.15) is 12.5 Å². The molecule has 1 heterocycles. The van der Waals surface area contributed by atoms with E-state index in [1.165, 1.54) is 19.2 Å². The van der Waals surface area contributed by atoms with E-state index in [1.54, 1.807) is 0 Å². The Morgan fingerprint density at radius 2 is 1.85 bits per heavy atom. The number of rotatable bonds is 11. The highest BCUT2D eigenvalue weighted by molar-refractivity contribution is 7.89. The number of H-pyrrole nitrogens is 1. The molecule has 0 unspecified atom stereocenters. The zero-order chi connectivity index (χ0) is 24.9. The summed E-state index contributed by atoms with van der Waals surface area (Å²) in [4.78, 5) is 24.5. The van der Waals surface area contributed by atoms with Gasteiger partial charge in [-0.3, -0.25) is 14.3 Å². The van der Waals surface area contributed by atoms with Crippen LogP contribution in [-0.4, -0.2) is 42.6 Å². The number of ether oxygens (including phenoxy) is 2. The Balaban J connectivity index is 1.87. The Hall–Kier alpha value is -2.78. The molecule has 2 rings (SSSR count). The number of hydrogen-bond donors (Lipinski definition) is 2. The maximum Gasteiger partial charge on any atom is 0.499 e. The lowest BCUT2D eigenvalue weighted by Gasteiger charge is -2.21. The molecule has 0 saturated carbocycles. The molecule has 33 heavy (non-hydrogen) atoms. The zero-order valence-electron chi connectivity index (χ0n) is 17.1. The lowest BCUT2D eigenvalue weighted by atomic mass is 10.1. The first-order valence-corrected chi connectivity index (χ1v) is 11.0. The van der Waals surface area contributed by atoms with Gasteiger partial charge in [-0.1, -0.05) is 12.1 Å². The third-order valence-corrected chi connectivity index (χ3v) is 5.66. The van der Waals surface area contributed by atoms with Crippen LogP contribution in [0.25, 0.3) is 0 Å². The number of sulfonamides is 1. The maximum absolute atomic E-state index is 13.1. The first-order valence-electron chi connectivity index (χ1n) is 9.31. The van der Waals surface area contributed by atoms with E-state index in [0.29, 0.717) is 0 Å². The molecular weight excluding hydrogens is 481 g/mol. The predicted octanol–water partition coefficient (Wildman–Crippen LogP) is 2.12. The van der Waals surface area contributed by atoms with Gasteiger partial charge in [-0.2, -0.15) is 22.0 Å². The molecule has 0 saturated heterocycles. The van der Waals surface area contributed by atoms with Gasteiger partial charge < -0.3 is 9.47 Å². The van der Waals surface area contributed by atoms with Gasteiger partial charge >= 0.3 is 18.0 Å². The summed E-state index contributed by atoms with van der Waals surface area (Å²) in [5.74, 6) is -1.17. The van der Waals surface area contributed by atoms with E-state index in [0.717, 1.165) is 28.8 Å². The Labute approximate surface area is 184 Å². The second kappa shape index (κ2) is 10.4. The Kier molecular flexibility index (Phi) is 8.37. The van der Waals surface area contributed by atoms with Crippen molar-refractivity contribution in [2.45, 2.75) is 38.4 Å². The molecule has 0 amide bonds. The third kappa shape index (κ3) is 7.94. The number of alkyl halides is 5. The molecule has 0 spiro atoms. The molecule has 0 bridgehead atoms. The topological polar surface area (TPSA) is 119 Å². The van der Waals surface area contributed by atoms with E-state index in [9.17, 15) is 40.0 Å². The molecule has 2 N–H and O–H groups in total. The van der Waals surface area contributed by atoms with Crippen LogP contribution in [0.5, 0.6) is 5.75 Å². The monoisotopic (exact) mass is 501 g/mol. The molecule has 1 aromatic carbocycles. The van der Waals surface area contributed by atoms with Crippen molar-refractivity contribution >= 4 is 10.0 Å². The summed E-state index contributed by atoms with van der Waals surface area (Å²) in [6, 6.07) is 4.39. The quantitative estimate of drug-likeness (QED) is 0.360. The minimum absolute atomic E-state index is 0.0289. The maximum atomic E-state index is 13.1. The van der Waals surface area contributed by atoms with Gasteiger partial charge in [0.15, 0.2) is 0 Å². The van der Waals surface area contributed by atoms with Crippen LogP contribution in [-0.2, 0) is 21.5 Å². The Morgan fingerprint density at radius 3 is 2.48 bits per heavy atom. The van der Waals surface area contributed by atoms with E-state index < -0.39 is 45.3 Å². The summed E-state index contributed by atoms with van der Waals surface area (Å²) in [6.45, 7) is 1.11. The molecule has 15 heteroatoms. The lowest BCUT2D eigenvalue weighted by molar-refractivity contribution is -0.360. The molecule has 1 aromatic heterocycles. The van der Waals surface area contributed by atoms with Gasteiger partial charge in [-0.15, -0.1) is 0 Å². The van der Waals surface area contributed by atoms with Gasteiger partial charge in [0, 0.05) is 24.9 Å². The van der Waals surface area contributed by atoms with Crippen molar-refractivity contribution in [2.24, 2.45) is 0 Å². The highest BCUT2D eigenvalue weighted by Gasteiger charge is 2.61. The van der Waals surface area contributed by atoms with Crippen LogP contribution in [0.3, 0.4) is 0 Å².